The van der Waals surface area contributed by atoms with Gasteiger partial charge in [0, 0.05) is 12.2 Å². The van der Waals surface area contributed by atoms with Gasteiger partial charge in [-0.25, -0.2) is 4.98 Å². The molecule has 4 heteroatoms. The van der Waals surface area contributed by atoms with Crippen molar-refractivity contribution in [3.8, 4) is 0 Å². The first-order valence-electron chi connectivity index (χ1n) is 6.83. The van der Waals surface area contributed by atoms with E-state index < -0.39 is 0 Å². The highest BCUT2D eigenvalue weighted by molar-refractivity contribution is 6.02. The lowest BCUT2D eigenvalue weighted by Crippen LogP contribution is -2.13. The fourth-order valence-corrected chi connectivity index (χ4v) is 1.90. The highest BCUT2D eigenvalue weighted by Gasteiger charge is 2.07. The number of anilines is 2. The molecule has 4 nitrogen and oxygen atoms in total. The number of hydrogen-bond acceptors (Lipinski definition) is 3. The van der Waals surface area contributed by atoms with E-state index in [1.807, 2.05) is 37.3 Å². The van der Waals surface area contributed by atoms with E-state index in [1.165, 1.54) is 5.56 Å². The average molecular weight is 269 g/mol. The molecule has 2 aromatic rings. The van der Waals surface area contributed by atoms with Gasteiger partial charge in [-0.05, 0) is 43.2 Å². The van der Waals surface area contributed by atoms with Crippen LogP contribution >= 0.6 is 0 Å². The van der Waals surface area contributed by atoms with Crippen molar-refractivity contribution in [2.75, 3.05) is 17.2 Å². The van der Waals surface area contributed by atoms with Crippen molar-refractivity contribution in [2.45, 2.75) is 20.3 Å². The maximum absolute atomic E-state index is 12.1. The fraction of sp³-hybridized carbons (Fsp3) is 0.250. The topological polar surface area (TPSA) is 54.0 Å². The van der Waals surface area contributed by atoms with Crippen LogP contribution in [0.15, 0.2) is 42.6 Å². The second-order valence-electron chi connectivity index (χ2n) is 4.47. The van der Waals surface area contributed by atoms with Crippen LogP contribution in [0.4, 0.5) is 11.4 Å². The van der Waals surface area contributed by atoms with Crippen LogP contribution in [0.2, 0.25) is 0 Å². The van der Waals surface area contributed by atoms with E-state index in [9.17, 15) is 4.79 Å². The maximum Gasteiger partial charge on any atom is 0.274 e. The monoisotopic (exact) mass is 269 g/mol. The number of amides is 1. The molecule has 104 valence electrons. The van der Waals surface area contributed by atoms with Crippen LogP contribution in [0, 0.1) is 0 Å². The zero-order valence-electron chi connectivity index (χ0n) is 11.8. The summed E-state index contributed by atoms with van der Waals surface area (Å²) in [6.07, 6.45) is 2.61. The summed E-state index contributed by atoms with van der Waals surface area (Å²) in [5.74, 6) is -0.193. The fourth-order valence-electron chi connectivity index (χ4n) is 1.90. The molecule has 2 N–H and O–H groups in total. The summed E-state index contributed by atoms with van der Waals surface area (Å²) in [4.78, 5) is 16.3. The summed E-state index contributed by atoms with van der Waals surface area (Å²) < 4.78 is 0. The van der Waals surface area contributed by atoms with Crippen molar-refractivity contribution in [1.82, 2.24) is 4.98 Å². The number of hydrogen-bond donors (Lipinski definition) is 2. The van der Waals surface area contributed by atoms with Gasteiger partial charge in [0.1, 0.15) is 5.69 Å². The van der Waals surface area contributed by atoms with E-state index in [-0.39, 0.29) is 5.91 Å². The quantitative estimate of drug-likeness (QED) is 0.875. The van der Waals surface area contributed by atoms with Gasteiger partial charge in [-0.3, -0.25) is 4.79 Å². The third kappa shape index (κ3) is 3.57. The normalized spacial score (nSPS) is 10.1. The molecule has 0 bridgehead atoms. The Balaban J connectivity index is 2.07. The van der Waals surface area contributed by atoms with E-state index in [0.717, 1.165) is 24.3 Å². The third-order valence-electron chi connectivity index (χ3n) is 2.97. The summed E-state index contributed by atoms with van der Waals surface area (Å²) in [6, 6.07) is 11.4. The molecule has 0 radical (unpaired) electrons. The SMILES string of the molecule is CCNc1ccc(C(=O)Nc2cccc(CC)c2)nc1. The first-order chi connectivity index (χ1) is 9.72. The molecular weight excluding hydrogens is 250 g/mol. The number of carbonyl (C=O) groups excluding carboxylic acids is 1. The molecule has 1 heterocycles. The smallest absolute Gasteiger partial charge is 0.274 e. The molecule has 2 rings (SSSR count). The highest BCUT2D eigenvalue weighted by atomic mass is 16.1. The molecule has 0 atom stereocenters. The summed E-state index contributed by atoms with van der Waals surface area (Å²) in [5.41, 5.74) is 3.32. The van der Waals surface area contributed by atoms with Crippen molar-refractivity contribution >= 4 is 17.3 Å². The summed E-state index contributed by atoms with van der Waals surface area (Å²) >= 11 is 0. The number of nitrogens with one attached hydrogen (secondary N) is 2. The number of benzene rings is 1. The lowest BCUT2D eigenvalue weighted by atomic mass is 10.1. The van der Waals surface area contributed by atoms with Crippen LogP contribution in [0.3, 0.4) is 0 Å². The Kier molecular flexibility index (Phi) is 4.71. The lowest BCUT2D eigenvalue weighted by Gasteiger charge is -2.07. The van der Waals surface area contributed by atoms with Crippen LogP contribution in [0.25, 0.3) is 0 Å². The second-order valence-corrected chi connectivity index (χ2v) is 4.47. The van der Waals surface area contributed by atoms with Crippen molar-refractivity contribution in [3.05, 3.63) is 53.9 Å². The van der Waals surface area contributed by atoms with Gasteiger partial charge in [-0.15, -0.1) is 0 Å². The van der Waals surface area contributed by atoms with Crippen molar-refractivity contribution < 1.29 is 4.79 Å². The van der Waals surface area contributed by atoms with E-state index in [2.05, 4.69) is 22.5 Å². The second kappa shape index (κ2) is 6.70. The number of aryl methyl sites for hydroxylation is 1. The van der Waals surface area contributed by atoms with Crippen molar-refractivity contribution in [1.29, 1.82) is 0 Å². The molecule has 0 fully saturated rings. The molecule has 1 aromatic carbocycles. The molecule has 0 saturated carbocycles. The van der Waals surface area contributed by atoms with Gasteiger partial charge in [0.15, 0.2) is 0 Å². The maximum atomic E-state index is 12.1. The molecule has 0 unspecified atom stereocenters. The van der Waals surface area contributed by atoms with Crippen LogP contribution in [0.1, 0.15) is 29.9 Å². The van der Waals surface area contributed by atoms with E-state index in [0.29, 0.717) is 5.69 Å². The van der Waals surface area contributed by atoms with Gasteiger partial charge in [0.25, 0.3) is 5.91 Å². The number of aromatic nitrogens is 1. The van der Waals surface area contributed by atoms with Crippen LogP contribution in [-0.2, 0) is 6.42 Å². The Bertz CT molecular complexity index is 579. The Hall–Kier alpha value is -2.36. The molecular formula is C16H19N3O. The van der Waals surface area contributed by atoms with Gasteiger partial charge in [0.05, 0.1) is 11.9 Å². The first kappa shape index (κ1) is 14.1. The molecule has 1 amide bonds. The standard InChI is InChI=1S/C16H19N3O/c1-3-12-6-5-7-13(10-12)19-16(20)15-9-8-14(11-18-15)17-4-2/h5-11,17H,3-4H2,1-2H3,(H,19,20). The number of nitrogens with zero attached hydrogens (tertiary/aromatic N) is 1. The van der Waals surface area contributed by atoms with Crippen LogP contribution in [-0.4, -0.2) is 17.4 Å². The van der Waals surface area contributed by atoms with E-state index in [4.69, 9.17) is 0 Å². The molecule has 1 aromatic heterocycles. The van der Waals surface area contributed by atoms with E-state index in [1.54, 1.807) is 12.3 Å². The Labute approximate surface area is 119 Å². The molecule has 20 heavy (non-hydrogen) atoms. The number of rotatable bonds is 5. The Morgan fingerprint density at radius 1 is 1.15 bits per heavy atom. The van der Waals surface area contributed by atoms with Gasteiger partial charge in [0.2, 0.25) is 0 Å². The van der Waals surface area contributed by atoms with Crippen LogP contribution < -0.4 is 10.6 Å². The zero-order chi connectivity index (χ0) is 14.4. The summed E-state index contributed by atoms with van der Waals surface area (Å²) in [7, 11) is 0. The van der Waals surface area contributed by atoms with Gasteiger partial charge in [-0.2, -0.15) is 0 Å². The predicted molar refractivity (Wildman–Crippen MR) is 82.2 cm³/mol. The molecule has 0 aliphatic rings. The van der Waals surface area contributed by atoms with Gasteiger partial charge >= 0.3 is 0 Å². The van der Waals surface area contributed by atoms with Crippen LogP contribution in [0.5, 0.6) is 0 Å². The Morgan fingerprint density at radius 3 is 2.65 bits per heavy atom. The summed E-state index contributed by atoms with van der Waals surface area (Å²) in [5, 5.41) is 6.01. The minimum atomic E-state index is -0.193. The molecule has 0 saturated heterocycles. The number of carbonyl (C=O) groups is 1. The predicted octanol–water partition coefficient (Wildman–Crippen LogP) is 3.33. The average Bonchev–Trinajstić information content (AvgIpc) is 2.48. The molecule has 0 aliphatic carbocycles. The van der Waals surface area contributed by atoms with Gasteiger partial charge in [-0.1, -0.05) is 19.1 Å². The largest absolute Gasteiger partial charge is 0.384 e. The minimum absolute atomic E-state index is 0.193. The minimum Gasteiger partial charge on any atom is -0.384 e. The Morgan fingerprint density at radius 2 is 2.00 bits per heavy atom. The zero-order valence-corrected chi connectivity index (χ0v) is 11.8. The van der Waals surface area contributed by atoms with E-state index >= 15 is 0 Å². The first-order valence-corrected chi connectivity index (χ1v) is 6.83. The third-order valence-corrected chi connectivity index (χ3v) is 2.97. The lowest BCUT2D eigenvalue weighted by molar-refractivity contribution is 0.102. The van der Waals surface area contributed by atoms with Crippen molar-refractivity contribution in [3.63, 3.8) is 0 Å². The summed E-state index contributed by atoms with van der Waals surface area (Å²) in [6.45, 7) is 4.93. The number of pyridine rings is 1. The van der Waals surface area contributed by atoms with Crippen molar-refractivity contribution in [2.24, 2.45) is 0 Å². The van der Waals surface area contributed by atoms with Gasteiger partial charge < -0.3 is 10.6 Å². The molecule has 0 spiro atoms. The highest BCUT2D eigenvalue weighted by Crippen LogP contribution is 2.13. The molecule has 0 aliphatic heterocycles.